The lowest BCUT2D eigenvalue weighted by molar-refractivity contribution is -0.137. The third kappa shape index (κ3) is 3.03. The number of hydrogen-bond acceptors (Lipinski definition) is 5. The summed E-state index contributed by atoms with van der Waals surface area (Å²) in [5.41, 5.74) is 1.12. The van der Waals surface area contributed by atoms with Crippen molar-refractivity contribution in [2.24, 2.45) is 0 Å². The van der Waals surface area contributed by atoms with E-state index < -0.39 is 0 Å². The molecule has 0 unspecified atom stereocenters. The highest BCUT2D eigenvalue weighted by Gasteiger charge is 2.35. The number of carbonyl (C=O) groups is 1. The number of aromatic nitrogens is 4. The molecule has 0 radical (unpaired) electrons. The van der Waals surface area contributed by atoms with Gasteiger partial charge in [-0.25, -0.2) is 4.68 Å². The molecule has 2 aromatic rings. The lowest BCUT2D eigenvalue weighted by atomic mass is 10.0. The summed E-state index contributed by atoms with van der Waals surface area (Å²) in [5.74, 6) is 0.123. The molecule has 7 nitrogen and oxygen atoms in total. The van der Waals surface area contributed by atoms with E-state index in [-0.39, 0.29) is 11.9 Å². The largest absolute Gasteiger partial charge is 0.338 e. The van der Waals surface area contributed by atoms with E-state index in [2.05, 4.69) is 20.4 Å². The average molecular weight is 326 g/mol. The highest BCUT2D eigenvalue weighted by molar-refractivity contribution is 5.80. The predicted octanol–water partition coefficient (Wildman–Crippen LogP) is 0.763. The standard InChI is InChI=1S/C17H22N6O/c24-17(22-10-9-21-8-4-7-15(21)12-22)16(23-13-18-19-20-23)11-14-5-2-1-3-6-14/h1-3,5-6,13,15-16H,4,7-12H2/t15-,16-/m1/s1. The lowest BCUT2D eigenvalue weighted by Gasteiger charge is -2.38. The first-order chi connectivity index (χ1) is 11.8. The smallest absolute Gasteiger partial charge is 0.248 e. The van der Waals surface area contributed by atoms with Crippen LogP contribution in [0, 0.1) is 0 Å². The molecular formula is C17H22N6O. The number of hydrogen-bond donors (Lipinski definition) is 0. The van der Waals surface area contributed by atoms with Crippen LogP contribution in [-0.4, -0.2) is 68.1 Å². The molecule has 2 aliphatic heterocycles. The maximum atomic E-state index is 13.2. The molecule has 7 heteroatoms. The normalized spacial score (nSPS) is 22.3. The first-order valence-electron chi connectivity index (χ1n) is 8.60. The molecular weight excluding hydrogens is 304 g/mol. The minimum Gasteiger partial charge on any atom is -0.338 e. The van der Waals surface area contributed by atoms with Crippen molar-refractivity contribution in [2.75, 3.05) is 26.2 Å². The van der Waals surface area contributed by atoms with Crippen molar-refractivity contribution < 1.29 is 4.79 Å². The fourth-order valence-corrected chi connectivity index (χ4v) is 3.84. The SMILES string of the molecule is O=C([C@@H](Cc1ccccc1)n1cnnn1)N1CCN2CCC[C@@H]2C1. The van der Waals surface area contributed by atoms with Crippen molar-refractivity contribution in [2.45, 2.75) is 31.3 Å². The van der Waals surface area contributed by atoms with Crippen molar-refractivity contribution >= 4 is 5.91 Å². The number of rotatable bonds is 4. The van der Waals surface area contributed by atoms with Gasteiger partial charge in [0.1, 0.15) is 12.4 Å². The summed E-state index contributed by atoms with van der Waals surface area (Å²) in [6, 6.07) is 10.2. The molecule has 2 saturated heterocycles. The number of fused-ring (bicyclic) bond motifs is 1. The number of nitrogens with zero attached hydrogens (tertiary/aromatic N) is 6. The van der Waals surface area contributed by atoms with Crippen LogP contribution in [0.2, 0.25) is 0 Å². The van der Waals surface area contributed by atoms with Gasteiger partial charge in [0.2, 0.25) is 5.91 Å². The Hall–Kier alpha value is -2.28. The summed E-state index contributed by atoms with van der Waals surface area (Å²) in [5, 5.41) is 11.4. The van der Waals surface area contributed by atoms with Gasteiger partial charge in [-0.05, 0) is 35.4 Å². The van der Waals surface area contributed by atoms with Crippen LogP contribution in [0.3, 0.4) is 0 Å². The van der Waals surface area contributed by atoms with Gasteiger partial charge in [0.25, 0.3) is 0 Å². The third-order valence-corrected chi connectivity index (χ3v) is 5.14. The first-order valence-corrected chi connectivity index (χ1v) is 8.60. The summed E-state index contributed by atoms with van der Waals surface area (Å²) in [7, 11) is 0. The van der Waals surface area contributed by atoms with Crippen LogP contribution < -0.4 is 0 Å². The van der Waals surface area contributed by atoms with Gasteiger partial charge in [-0.15, -0.1) is 5.10 Å². The number of piperazine rings is 1. The fourth-order valence-electron chi connectivity index (χ4n) is 3.84. The predicted molar refractivity (Wildman–Crippen MR) is 88.2 cm³/mol. The van der Waals surface area contributed by atoms with Gasteiger partial charge >= 0.3 is 0 Å². The Kier molecular flexibility index (Phi) is 4.25. The Balaban J connectivity index is 1.53. The summed E-state index contributed by atoms with van der Waals surface area (Å²) >= 11 is 0. The Morgan fingerprint density at radius 2 is 2.08 bits per heavy atom. The van der Waals surface area contributed by atoms with E-state index in [1.165, 1.54) is 25.7 Å². The number of tetrazole rings is 1. The fraction of sp³-hybridized carbons (Fsp3) is 0.529. The molecule has 1 aromatic heterocycles. The highest BCUT2D eigenvalue weighted by atomic mass is 16.2. The Morgan fingerprint density at radius 1 is 1.21 bits per heavy atom. The molecule has 2 aliphatic rings. The second-order valence-electron chi connectivity index (χ2n) is 6.61. The zero-order chi connectivity index (χ0) is 16.4. The van der Waals surface area contributed by atoms with Gasteiger partial charge in [-0.1, -0.05) is 30.3 Å². The van der Waals surface area contributed by atoms with Crippen molar-refractivity contribution in [3.05, 3.63) is 42.2 Å². The maximum Gasteiger partial charge on any atom is 0.248 e. The van der Waals surface area contributed by atoms with Crippen LogP contribution in [0.1, 0.15) is 24.4 Å². The lowest BCUT2D eigenvalue weighted by Crippen LogP contribution is -2.53. The first kappa shape index (κ1) is 15.3. The molecule has 4 rings (SSSR count). The van der Waals surface area contributed by atoms with Crippen LogP contribution in [0.25, 0.3) is 0 Å². The van der Waals surface area contributed by atoms with Crippen LogP contribution >= 0.6 is 0 Å². The highest BCUT2D eigenvalue weighted by Crippen LogP contribution is 2.24. The molecule has 0 aliphatic carbocycles. The van der Waals surface area contributed by atoms with E-state index in [1.54, 1.807) is 4.68 Å². The van der Waals surface area contributed by atoms with Crippen molar-refractivity contribution in [3.63, 3.8) is 0 Å². The second kappa shape index (κ2) is 6.68. The third-order valence-electron chi connectivity index (χ3n) is 5.14. The maximum absolute atomic E-state index is 13.2. The molecule has 0 N–H and O–H groups in total. The summed E-state index contributed by atoms with van der Waals surface area (Å²) in [6.07, 6.45) is 4.58. The second-order valence-corrected chi connectivity index (χ2v) is 6.61. The number of amides is 1. The van der Waals surface area contributed by atoms with E-state index >= 15 is 0 Å². The zero-order valence-electron chi connectivity index (χ0n) is 13.7. The van der Waals surface area contributed by atoms with Gasteiger partial charge in [0.15, 0.2) is 0 Å². The summed E-state index contributed by atoms with van der Waals surface area (Å²) in [6.45, 7) is 3.77. The zero-order valence-corrected chi connectivity index (χ0v) is 13.7. The number of carbonyl (C=O) groups excluding carboxylic acids is 1. The minimum atomic E-state index is -0.379. The molecule has 2 fully saturated rings. The summed E-state index contributed by atoms with van der Waals surface area (Å²) in [4.78, 5) is 17.7. The van der Waals surface area contributed by atoms with Gasteiger partial charge in [-0.3, -0.25) is 9.69 Å². The van der Waals surface area contributed by atoms with Gasteiger partial charge in [0.05, 0.1) is 0 Å². The molecule has 0 saturated carbocycles. The molecule has 24 heavy (non-hydrogen) atoms. The van der Waals surface area contributed by atoms with Crippen LogP contribution in [0.5, 0.6) is 0 Å². The van der Waals surface area contributed by atoms with Gasteiger partial charge < -0.3 is 4.90 Å². The Morgan fingerprint density at radius 3 is 2.88 bits per heavy atom. The van der Waals surface area contributed by atoms with Crippen molar-refractivity contribution in [1.82, 2.24) is 30.0 Å². The van der Waals surface area contributed by atoms with E-state index in [1.807, 2.05) is 35.2 Å². The molecule has 126 valence electrons. The summed E-state index contributed by atoms with van der Waals surface area (Å²) < 4.78 is 1.59. The number of benzene rings is 1. The molecule has 0 bridgehead atoms. The molecule has 1 aromatic carbocycles. The topological polar surface area (TPSA) is 67.2 Å². The minimum absolute atomic E-state index is 0.123. The van der Waals surface area contributed by atoms with E-state index in [0.717, 1.165) is 25.2 Å². The van der Waals surface area contributed by atoms with E-state index in [9.17, 15) is 4.79 Å². The van der Waals surface area contributed by atoms with Gasteiger partial charge in [-0.2, -0.15) is 0 Å². The van der Waals surface area contributed by atoms with E-state index in [0.29, 0.717) is 12.5 Å². The molecule has 1 amide bonds. The van der Waals surface area contributed by atoms with Crippen LogP contribution in [-0.2, 0) is 11.2 Å². The Labute approximate surface area is 141 Å². The molecule has 0 spiro atoms. The molecule has 3 heterocycles. The van der Waals surface area contributed by atoms with Crippen LogP contribution in [0.15, 0.2) is 36.7 Å². The molecule has 2 atom stereocenters. The quantitative estimate of drug-likeness (QED) is 0.830. The van der Waals surface area contributed by atoms with E-state index in [4.69, 9.17) is 0 Å². The van der Waals surface area contributed by atoms with Gasteiger partial charge in [0, 0.05) is 32.1 Å². The van der Waals surface area contributed by atoms with Crippen molar-refractivity contribution in [1.29, 1.82) is 0 Å². The van der Waals surface area contributed by atoms with Crippen molar-refractivity contribution in [3.8, 4) is 0 Å². The average Bonchev–Trinajstić information content (AvgIpc) is 3.30. The van der Waals surface area contributed by atoms with Crippen LogP contribution in [0.4, 0.5) is 0 Å². The monoisotopic (exact) mass is 326 g/mol. The Bertz CT molecular complexity index is 674.